The van der Waals surface area contributed by atoms with Crippen molar-refractivity contribution in [2.75, 3.05) is 27.3 Å². The van der Waals surface area contributed by atoms with E-state index in [-0.39, 0.29) is 0 Å². The second-order valence-corrected chi connectivity index (χ2v) is 5.65. The normalized spacial score (nSPS) is 23.0. The van der Waals surface area contributed by atoms with E-state index in [0.29, 0.717) is 12.6 Å². The number of likely N-dealkylation sites (tertiary alicyclic amines) is 1. The molecule has 0 radical (unpaired) electrons. The van der Waals surface area contributed by atoms with Gasteiger partial charge >= 0.3 is 0 Å². The van der Waals surface area contributed by atoms with E-state index in [0.717, 1.165) is 36.2 Å². The van der Waals surface area contributed by atoms with Crippen molar-refractivity contribution < 1.29 is 9.47 Å². The molecule has 1 aromatic heterocycles. The fourth-order valence-corrected chi connectivity index (χ4v) is 3.16. The van der Waals surface area contributed by atoms with Crippen molar-refractivity contribution in [2.24, 2.45) is 11.7 Å². The fourth-order valence-electron chi connectivity index (χ4n) is 3.16. The number of piperidine rings is 1. The van der Waals surface area contributed by atoms with Gasteiger partial charge in [-0.05, 0) is 25.3 Å². The summed E-state index contributed by atoms with van der Waals surface area (Å²) < 4.78 is 10.8. The summed E-state index contributed by atoms with van der Waals surface area (Å²) in [6.45, 7) is 4.80. The van der Waals surface area contributed by atoms with E-state index in [1.54, 1.807) is 20.4 Å². The Balaban J connectivity index is 2.14. The number of methoxy groups -OCH3 is 2. The van der Waals surface area contributed by atoms with Crippen LogP contribution >= 0.6 is 0 Å². The van der Waals surface area contributed by atoms with E-state index in [9.17, 15) is 0 Å². The van der Waals surface area contributed by atoms with Crippen LogP contribution in [0.4, 0.5) is 0 Å². The van der Waals surface area contributed by atoms with Crippen molar-refractivity contribution in [1.82, 2.24) is 9.88 Å². The molecule has 21 heavy (non-hydrogen) atoms. The molecule has 5 nitrogen and oxygen atoms in total. The molecule has 0 aromatic carbocycles. The first-order valence-corrected chi connectivity index (χ1v) is 7.73. The molecule has 0 bridgehead atoms. The van der Waals surface area contributed by atoms with E-state index in [4.69, 9.17) is 15.2 Å². The molecule has 0 aliphatic carbocycles. The summed E-state index contributed by atoms with van der Waals surface area (Å²) in [4.78, 5) is 6.90. The van der Waals surface area contributed by atoms with E-state index in [1.165, 1.54) is 19.3 Å². The van der Waals surface area contributed by atoms with Crippen LogP contribution in [0, 0.1) is 5.92 Å². The highest BCUT2D eigenvalue weighted by Crippen LogP contribution is 2.32. The molecule has 5 heteroatoms. The van der Waals surface area contributed by atoms with Gasteiger partial charge in [0.2, 0.25) is 0 Å². The summed E-state index contributed by atoms with van der Waals surface area (Å²) in [7, 11) is 3.31. The Morgan fingerprint density at radius 1 is 1.38 bits per heavy atom. The van der Waals surface area contributed by atoms with Gasteiger partial charge in [-0.3, -0.25) is 9.88 Å². The average molecular weight is 293 g/mol. The maximum atomic E-state index is 5.97. The van der Waals surface area contributed by atoms with Crippen LogP contribution < -0.4 is 15.2 Å². The van der Waals surface area contributed by atoms with Gasteiger partial charge in [-0.15, -0.1) is 0 Å². The van der Waals surface area contributed by atoms with Crippen LogP contribution in [-0.2, 0) is 6.54 Å². The third-order valence-corrected chi connectivity index (χ3v) is 4.51. The van der Waals surface area contributed by atoms with Crippen LogP contribution in [-0.4, -0.2) is 43.2 Å². The molecule has 2 atom stereocenters. The van der Waals surface area contributed by atoms with Gasteiger partial charge in [0.15, 0.2) is 11.5 Å². The first-order valence-electron chi connectivity index (χ1n) is 7.73. The predicted octanol–water partition coefficient (Wildman–Crippen LogP) is 2.05. The van der Waals surface area contributed by atoms with Gasteiger partial charge < -0.3 is 15.2 Å². The quantitative estimate of drug-likeness (QED) is 0.870. The second kappa shape index (κ2) is 7.61. The van der Waals surface area contributed by atoms with Gasteiger partial charge in [0.05, 0.1) is 14.2 Å². The number of hydrogen-bond donors (Lipinski definition) is 1. The fraction of sp³-hybridized carbons (Fsp3) is 0.688. The zero-order chi connectivity index (χ0) is 15.2. The third-order valence-electron chi connectivity index (χ3n) is 4.51. The van der Waals surface area contributed by atoms with Gasteiger partial charge in [-0.1, -0.05) is 13.3 Å². The lowest BCUT2D eigenvalue weighted by Gasteiger charge is -2.38. The Kier molecular flexibility index (Phi) is 5.82. The second-order valence-electron chi connectivity index (χ2n) is 5.65. The van der Waals surface area contributed by atoms with E-state index >= 15 is 0 Å². The summed E-state index contributed by atoms with van der Waals surface area (Å²) in [6, 6.07) is 2.26. The van der Waals surface area contributed by atoms with Crippen LogP contribution in [0.2, 0.25) is 0 Å². The molecule has 2 rings (SSSR count). The molecule has 118 valence electrons. The molecular formula is C16H27N3O2. The molecule has 0 saturated carbocycles. The van der Waals surface area contributed by atoms with Crippen LogP contribution in [0.3, 0.4) is 0 Å². The minimum absolute atomic E-state index is 0.432. The minimum Gasteiger partial charge on any atom is -0.493 e. The summed E-state index contributed by atoms with van der Waals surface area (Å²) in [5.41, 5.74) is 6.89. The lowest BCUT2D eigenvalue weighted by atomic mass is 9.89. The highest BCUT2D eigenvalue weighted by Gasteiger charge is 2.28. The highest BCUT2D eigenvalue weighted by atomic mass is 16.5. The van der Waals surface area contributed by atoms with Gasteiger partial charge in [-0.2, -0.15) is 0 Å². The minimum atomic E-state index is 0.432. The van der Waals surface area contributed by atoms with Gasteiger partial charge in [0, 0.05) is 31.4 Å². The molecule has 1 aliphatic rings. The monoisotopic (exact) mass is 293 g/mol. The standard InChI is InChI=1S/C16H27N3O2/c1-4-12-6-8-19(13(9-12)10-17)11-14-16(21-3)15(20-2)5-7-18-14/h5,7,12-13H,4,6,8-11,17H2,1-3H3. The number of nitrogens with zero attached hydrogens (tertiary/aromatic N) is 2. The number of aromatic nitrogens is 1. The van der Waals surface area contributed by atoms with Crippen molar-refractivity contribution in [1.29, 1.82) is 0 Å². The molecule has 0 amide bonds. The highest BCUT2D eigenvalue weighted by molar-refractivity contribution is 5.42. The van der Waals surface area contributed by atoms with Crippen molar-refractivity contribution in [3.63, 3.8) is 0 Å². The summed E-state index contributed by atoms with van der Waals surface area (Å²) in [5, 5.41) is 0. The molecule has 1 saturated heterocycles. The molecular weight excluding hydrogens is 266 g/mol. The summed E-state index contributed by atoms with van der Waals surface area (Å²) in [5.74, 6) is 2.26. The lowest BCUT2D eigenvalue weighted by molar-refractivity contribution is 0.105. The summed E-state index contributed by atoms with van der Waals surface area (Å²) >= 11 is 0. The van der Waals surface area contributed by atoms with Gasteiger partial charge in [0.1, 0.15) is 5.69 Å². The zero-order valence-corrected chi connectivity index (χ0v) is 13.3. The Morgan fingerprint density at radius 3 is 2.81 bits per heavy atom. The van der Waals surface area contributed by atoms with Gasteiger partial charge in [-0.25, -0.2) is 0 Å². The van der Waals surface area contributed by atoms with Crippen molar-refractivity contribution >= 4 is 0 Å². The lowest BCUT2D eigenvalue weighted by Crippen LogP contribution is -2.46. The third kappa shape index (κ3) is 3.66. The first kappa shape index (κ1) is 16.0. The van der Waals surface area contributed by atoms with Crippen LogP contribution in [0.25, 0.3) is 0 Å². The smallest absolute Gasteiger partial charge is 0.183 e. The number of hydrogen-bond acceptors (Lipinski definition) is 5. The SMILES string of the molecule is CCC1CCN(Cc2nccc(OC)c2OC)C(CN)C1. The number of nitrogens with two attached hydrogens (primary N) is 1. The van der Waals surface area contributed by atoms with Crippen LogP contribution in [0.15, 0.2) is 12.3 Å². The Hall–Kier alpha value is -1.33. The van der Waals surface area contributed by atoms with E-state index < -0.39 is 0 Å². The van der Waals surface area contributed by atoms with Crippen molar-refractivity contribution in [2.45, 2.75) is 38.8 Å². The molecule has 2 heterocycles. The molecule has 0 spiro atoms. The Bertz CT molecular complexity index is 453. The predicted molar refractivity (Wildman–Crippen MR) is 83.6 cm³/mol. The van der Waals surface area contributed by atoms with E-state index in [2.05, 4.69) is 16.8 Å². The van der Waals surface area contributed by atoms with Crippen molar-refractivity contribution in [3.05, 3.63) is 18.0 Å². The average Bonchev–Trinajstić information content (AvgIpc) is 2.54. The number of ether oxygens (including phenoxy) is 2. The molecule has 1 aliphatic heterocycles. The first-order chi connectivity index (χ1) is 10.2. The Morgan fingerprint density at radius 2 is 2.19 bits per heavy atom. The number of rotatable bonds is 6. The maximum absolute atomic E-state index is 5.97. The Labute approximate surface area is 127 Å². The summed E-state index contributed by atoms with van der Waals surface area (Å²) in [6.07, 6.45) is 5.43. The van der Waals surface area contributed by atoms with Crippen LogP contribution in [0.1, 0.15) is 31.9 Å². The zero-order valence-electron chi connectivity index (χ0n) is 13.3. The molecule has 2 unspecified atom stereocenters. The molecule has 2 N–H and O–H groups in total. The van der Waals surface area contributed by atoms with Crippen molar-refractivity contribution in [3.8, 4) is 11.5 Å². The number of pyridine rings is 1. The molecule has 1 fully saturated rings. The van der Waals surface area contributed by atoms with Crippen LogP contribution in [0.5, 0.6) is 11.5 Å². The topological polar surface area (TPSA) is 60.6 Å². The van der Waals surface area contributed by atoms with E-state index in [1.807, 2.05) is 6.07 Å². The largest absolute Gasteiger partial charge is 0.493 e. The molecule has 1 aromatic rings. The maximum Gasteiger partial charge on any atom is 0.183 e. The van der Waals surface area contributed by atoms with Gasteiger partial charge in [0.25, 0.3) is 0 Å².